The van der Waals surface area contributed by atoms with Crippen LogP contribution in [0.2, 0.25) is 5.02 Å². The second-order valence-corrected chi connectivity index (χ2v) is 4.31. The molecule has 0 bridgehead atoms. The van der Waals surface area contributed by atoms with E-state index in [1.54, 1.807) is 30.3 Å². The summed E-state index contributed by atoms with van der Waals surface area (Å²) >= 11 is 5.79. The van der Waals surface area contributed by atoms with Crippen LogP contribution in [0.1, 0.15) is 15.9 Å². The van der Waals surface area contributed by atoms with E-state index in [0.29, 0.717) is 10.6 Å². The predicted molar refractivity (Wildman–Crippen MR) is 69.3 cm³/mol. The van der Waals surface area contributed by atoms with Crippen molar-refractivity contribution in [3.8, 4) is 11.5 Å². The molecule has 18 heavy (non-hydrogen) atoms. The highest BCUT2D eigenvalue weighted by Crippen LogP contribution is 2.27. The lowest BCUT2D eigenvalue weighted by Crippen LogP contribution is -2.08. The molecule has 0 aliphatic heterocycles. The summed E-state index contributed by atoms with van der Waals surface area (Å²) in [4.78, 5) is 11.8. The third kappa shape index (κ3) is 2.81. The molecule has 0 heterocycles. The monoisotopic (exact) mass is 262 g/mol. The molecule has 2 rings (SSSR count). The standard InChI is InChI=1S/C14H11ClO3/c1-9-5-6-12(16)13(7-9)18-14(17)10-3-2-4-11(15)8-10/h2-8,16H,1H3. The summed E-state index contributed by atoms with van der Waals surface area (Å²) in [6, 6.07) is 11.2. The first-order valence-electron chi connectivity index (χ1n) is 5.33. The van der Waals surface area contributed by atoms with Crippen molar-refractivity contribution in [2.24, 2.45) is 0 Å². The van der Waals surface area contributed by atoms with Gasteiger partial charge in [-0.3, -0.25) is 0 Å². The van der Waals surface area contributed by atoms with Crippen LogP contribution in [0.3, 0.4) is 0 Å². The van der Waals surface area contributed by atoms with Crippen molar-refractivity contribution >= 4 is 17.6 Å². The van der Waals surface area contributed by atoms with Crippen LogP contribution in [0, 0.1) is 6.92 Å². The first-order valence-corrected chi connectivity index (χ1v) is 5.71. The number of aryl methyl sites for hydroxylation is 1. The first-order chi connectivity index (χ1) is 8.56. The van der Waals surface area contributed by atoms with Crippen LogP contribution in [-0.2, 0) is 0 Å². The fourth-order valence-corrected chi connectivity index (χ4v) is 1.67. The van der Waals surface area contributed by atoms with Crippen molar-refractivity contribution < 1.29 is 14.6 Å². The topological polar surface area (TPSA) is 46.5 Å². The molecule has 0 aromatic heterocycles. The summed E-state index contributed by atoms with van der Waals surface area (Å²) < 4.78 is 5.12. The Labute approximate surface area is 110 Å². The van der Waals surface area contributed by atoms with Gasteiger partial charge in [-0.15, -0.1) is 0 Å². The lowest BCUT2D eigenvalue weighted by Gasteiger charge is -2.07. The zero-order chi connectivity index (χ0) is 13.1. The van der Waals surface area contributed by atoms with Crippen molar-refractivity contribution in [2.75, 3.05) is 0 Å². The third-order valence-electron chi connectivity index (χ3n) is 2.38. The maximum Gasteiger partial charge on any atom is 0.343 e. The number of ether oxygens (including phenoxy) is 1. The van der Waals surface area contributed by atoms with Crippen LogP contribution < -0.4 is 4.74 Å². The van der Waals surface area contributed by atoms with E-state index >= 15 is 0 Å². The number of rotatable bonds is 2. The minimum atomic E-state index is -0.557. The molecule has 92 valence electrons. The van der Waals surface area contributed by atoms with E-state index < -0.39 is 5.97 Å². The maximum absolute atomic E-state index is 11.8. The molecule has 2 aromatic rings. The van der Waals surface area contributed by atoms with Crippen LogP contribution in [0.25, 0.3) is 0 Å². The molecule has 0 fully saturated rings. The molecular formula is C14H11ClO3. The number of esters is 1. The quantitative estimate of drug-likeness (QED) is 0.665. The second kappa shape index (κ2) is 5.10. The van der Waals surface area contributed by atoms with Gasteiger partial charge in [-0.05, 0) is 42.8 Å². The van der Waals surface area contributed by atoms with E-state index in [9.17, 15) is 9.90 Å². The number of carbonyl (C=O) groups is 1. The van der Waals surface area contributed by atoms with Crippen molar-refractivity contribution in [2.45, 2.75) is 6.92 Å². The van der Waals surface area contributed by atoms with Gasteiger partial charge in [-0.25, -0.2) is 4.79 Å². The normalized spacial score (nSPS) is 10.1. The molecule has 0 unspecified atom stereocenters. The smallest absolute Gasteiger partial charge is 0.343 e. The Morgan fingerprint density at radius 1 is 1.22 bits per heavy atom. The van der Waals surface area contributed by atoms with Crippen molar-refractivity contribution in [3.63, 3.8) is 0 Å². The summed E-state index contributed by atoms with van der Waals surface area (Å²) in [6.45, 7) is 1.84. The van der Waals surface area contributed by atoms with Gasteiger partial charge >= 0.3 is 5.97 Å². The highest BCUT2D eigenvalue weighted by atomic mass is 35.5. The number of carbonyl (C=O) groups excluding carboxylic acids is 1. The van der Waals surface area contributed by atoms with Crippen molar-refractivity contribution in [1.29, 1.82) is 0 Å². The second-order valence-electron chi connectivity index (χ2n) is 3.87. The lowest BCUT2D eigenvalue weighted by molar-refractivity contribution is 0.0729. The van der Waals surface area contributed by atoms with Crippen molar-refractivity contribution in [1.82, 2.24) is 0 Å². The number of hydrogen-bond acceptors (Lipinski definition) is 3. The van der Waals surface area contributed by atoms with Gasteiger partial charge in [0.25, 0.3) is 0 Å². The van der Waals surface area contributed by atoms with E-state index in [4.69, 9.17) is 16.3 Å². The van der Waals surface area contributed by atoms with E-state index in [2.05, 4.69) is 0 Å². The molecule has 4 heteroatoms. The summed E-state index contributed by atoms with van der Waals surface area (Å²) in [5.41, 5.74) is 1.23. The van der Waals surface area contributed by atoms with Crippen molar-refractivity contribution in [3.05, 3.63) is 58.6 Å². The van der Waals surface area contributed by atoms with Crippen LogP contribution in [-0.4, -0.2) is 11.1 Å². The van der Waals surface area contributed by atoms with Crippen LogP contribution >= 0.6 is 11.6 Å². The Kier molecular flexibility index (Phi) is 3.53. The molecule has 0 spiro atoms. The van der Waals surface area contributed by atoms with E-state index in [1.165, 1.54) is 12.1 Å². The van der Waals surface area contributed by atoms with Gasteiger partial charge in [0.15, 0.2) is 11.5 Å². The Balaban J connectivity index is 2.24. The van der Waals surface area contributed by atoms with Gasteiger partial charge in [0.2, 0.25) is 0 Å². The minimum absolute atomic E-state index is 0.0732. The van der Waals surface area contributed by atoms with Crippen LogP contribution in [0.15, 0.2) is 42.5 Å². The lowest BCUT2D eigenvalue weighted by atomic mass is 10.2. The van der Waals surface area contributed by atoms with E-state index in [1.807, 2.05) is 6.92 Å². The fourth-order valence-electron chi connectivity index (χ4n) is 1.48. The molecule has 0 atom stereocenters. The Hall–Kier alpha value is -2.00. The number of benzene rings is 2. The molecule has 1 N–H and O–H groups in total. The highest BCUT2D eigenvalue weighted by Gasteiger charge is 2.11. The number of phenols is 1. The molecule has 3 nitrogen and oxygen atoms in total. The van der Waals surface area contributed by atoms with Gasteiger partial charge in [0.1, 0.15) is 0 Å². The van der Waals surface area contributed by atoms with Gasteiger partial charge < -0.3 is 9.84 Å². The molecule has 0 amide bonds. The molecule has 0 saturated heterocycles. The molecule has 2 aromatic carbocycles. The average molecular weight is 263 g/mol. The SMILES string of the molecule is Cc1ccc(O)c(OC(=O)c2cccc(Cl)c2)c1. The zero-order valence-electron chi connectivity index (χ0n) is 9.68. The average Bonchev–Trinajstić information content (AvgIpc) is 2.34. The summed E-state index contributed by atoms with van der Waals surface area (Å²) in [6.07, 6.45) is 0. The third-order valence-corrected chi connectivity index (χ3v) is 2.61. The van der Waals surface area contributed by atoms with Gasteiger partial charge in [0, 0.05) is 5.02 Å². The summed E-state index contributed by atoms with van der Waals surface area (Å²) in [5, 5.41) is 10.0. The van der Waals surface area contributed by atoms with Gasteiger partial charge in [-0.1, -0.05) is 23.7 Å². The number of halogens is 1. The first kappa shape index (κ1) is 12.5. The van der Waals surface area contributed by atoms with Crippen LogP contribution in [0.5, 0.6) is 11.5 Å². The van der Waals surface area contributed by atoms with Crippen LogP contribution in [0.4, 0.5) is 0 Å². The van der Waals surface area contributed by atoms with E-state index in [0.717, 1.165) is 5.56 Å². The number of aromatic hydroxyl groups is 1. The minimum Gasteiger partial charge on any atom is -0.504 e. The largest absolute Gasteiger partial charge is 0.504 e. The molecule has 0 saturated carbocycles. The molecule has 0 aliphatic carbocycles. The fraction of sp³-hybridized carbons (Fsp3) is 0.0714. The Morgan fingerprint density at radius 2 is 2.00 bits per heavy atom. The zero-order valence-corrected chi connectivity index (χ0v) is 10.4. The maximum atomic E-state index is 11.8. The van der Waals surface area contributed by atoms with Gasteiger partial charge in [-0.2, -0.15) is 0 Å². The highest BCUT2D eigenvalue weighted by molar-refractivity contribution is 6.30. The number of phenolic OH excluding ortho intramolecular Hbond substituents is 1. The summed E-state index contributed by atoms with van der Waals surface area (Å²) in [5.74, 6) is -0.491. The Morgan fingerprint density at radius 3 is 2.72 bits per heavy atom. The molecular weight excluding hydrogens is 252 g/mol. The molecule has 0 radical (unpaired) electrons. The number of hydrogen-bond donors (Lipinski definition) is 1. The van der Waals surface area contributed by atoms with Gasteiger partial charge in [0.05, 0.1) is 5.56 Å². The van der Waals surface area contributed by atoms with E-state index in [-0.39, 0.29) is 11.5 Å². The Bertz CT molecular complexity index is 593. The molecule has 0 aliphatic rings. The predicted octanol–water partition coefficient (Wildman–Crippen LogP) is 3.57. The summed E-state index contributed by atoms with van der Waals surface area (Å²) in [7, 11) is 0.